The Morgan fingerprint density at radius 2 is 0.849 bits per heavy atom. The van der Waals surface area contributed by atoms with Crippen molar-refractivity contribution in [3.8, 4) is 44.5 Å². The molecule has 9 aromatic rings. The molecule has 0 aliphatic heterocycles. The Balaban J connectivity index is 1.11. The molecule has 10 rings (SSSR count). The molecule has 0 bridgehead atoms. The molecule has 0 heterocycles. The van der Waals surface area contributed by atoms with Crippen LogP contribution in [0.5, 0.6) is 0 Å². The first-order chi connectivity index (χ1) is 26.0. The van der Waals surface area contributed by atoms with Gasteiger partial charge in [-0.1, -0.05) is 153 Å². The second-order valence-electron chi connectivity index (χ2n) is 15.0. The summed E-state index contributed by atoms with van der Waals surface area (Å²) < 4.78 is 0. The molecular weight excluding hydrogens is 639 g/mol. The number of benzene rings is 9. The van der Waals surface area contributed by atoms with Crippen LogP contribution in [-0.2, 0) is 5.41 Å². The lowest BCUT2D eigenvalue weighted by molar-refractivity contribution is 0.660. The van der Waals surface area contributed by atoms with Crippen LogP contribution in [0.25, 0.3) is 76.8 Å². The number of hydrogen-bond donors (Lipinski definition) is 0. The summed E-state index contributed by atoms with van der Waals surface area (Å²) >= 11 is 0. The predicted octanol–water partition coefficient (Wildman–Crippen LogP) is 14.2. The van der Waals surface area contributed by atoms with Crippen LogP contribution >= 0.6 is 0 Å². The zero-order valence-electron chi connectivity index (χ0n) is 30.3. The number of fused-ring (bicyclic) bond motifs is 9. The van der Waals surface area contributed by atoms with Crippen LogP contribution in [0.3, 0.4) is 0 Å². The number of hydrogen-bond acceptors (Lipinski definition) is 1. The van der Waals surface area contributed by atoms with Gasteiger partial charge in [-0.25, -0.2) is 0 Å². The predicted molar refractivity (Wildman–Crippen MR) is 227 cm³/mol. The summed E-state index contributed by atoms with van der Waals surface area (Å²) in [6, 6.07) is 67.2. The van der Waals surface area contributed by atoms with Crippen molar-refractivity contribution in [2.75, 3.05) is 11.9 Å². The van der Waals surface area contributed by atoms with Crippen molar-refractivity contribution < 1.29 is 0 Å². The fourth-order valence-electron chi connectivity index (χ4n) is 8.88. The van der Waals surface area contributed by atoms with E-state index in [1.165, 1.54) is 93.6 Å². The van der Waals surface area contributed by atoms with Gasteiger partial charge in [-0.15, -0.1) is 0 Å². The van der Waals surface area contributed by atoms with Crippen molar-refractivity contribution in [1.82, 2.24) is 0 Å². The normalized spacial score (nSPS) is 13.0. The first kappa shape index (κ1) is 31.3. The first-order valence-corrected chi connectivity index (χ1v) is 18.6. The van der Waals surface area contributed by atoms with Gasteiger partial charge in [0.05, 0.1) is 0 Å². The van der Waals surface area contributed by atoms with Gasteiger partial charge in [0, 0.05) is 29.4 Å². The summed E-state index contributed by atoms with van der Waals surface area (Å²) in [5, 5.41) is 7.78. The van der Waals surface area contributed by atoms with E-state index in [1.807, 2.05) is 0 Å². The minimum atomic E-state index is -0.0292. The monoisotopic (exact) mass is 677 g/mol. The van der Waals surface area contributed by atoms with E-state index < -0.39 is 0 Å². The topological polar surface area (TPSA) is 3.24 Å². The van der Waals surface area contributed by atoms with Crippen molar-refractivity contribution in [3.63, 3.8) is 0 Å². The fraction of sp³-hybridized carbons (Fsp3) is 0.0769. The maximum absolute atomic E-state index is 2.42. The van der Waals surface area contributed by atoms with E-state index in [2.05, 4.69) is 208 Å². The summed E-state index contributed by atoms with van der Waals surface area (Å²) in [4.78, 5) is 2.31. The van der Waals surface area contributed by atoms with Gasteiger partial charge in [-0.05, 0) is 125 Å². The smallest absolute Gasteiger partial charge is 0.0488 e. The maximum Gasteiger partial charge on any atom is 0.0488 e. The van der Waals surface area contributed by atoms with Crippen LogP contribution < -0.4 is 4.90 Å². The van der Waals surface area contributed by atoms with Crippen molar-refractivity contribution in [2.45, 2.75) is 19.3 Å². The summed E-state index contributed by atoms with van der Waals surface area (Å²) in [5.74, 6) is 0. The summed E-state index contributed by atoms with van der Waals surface area (Å²) in [5.41, 5.74) is 15.0. The van der Waals surface area contributed by atoms with E-state index in [0.717, 1.165) is 5.69 Å². The molecule has 1 nitrogen and oxygen atoms in total. The molecule has 53 heavy (non-hydrogen) atoms. The van der Waals surface area contributed by atoms with E-state index in [4.69, 9.17) is 0 Å². The molecule has 0 atom stereocenters. The molecule has 1 aliphatic carbocycles. The zero-order valence-corrected chi connectivity index (χ0v) is 30.3. The molecule has 252 valence electrons. The van der Waals surface area contributed by atoms with Crippen molar-refractivity contribution in [2.24, 2.45) is 0 Å². The minimum absolute atomic E-state index is 0.0292. The standard InChI is InChI=1S/C52H39N/c1-52(2)49-23-12-11-22-45(49)48-33-38(25-28-50(48)52)46-31-37(26-29-51(46)53(3)39-16-5-4-6-17-39)35-15-13-14-34(30-35)36-24-27-44-42-20-8-7-18-40(42)41-19-9-10-21-43(41)47(44)32-36/h4-33H,1-3H3. The number of nitrogens with zero attached hydrogens (tertiary/aromatic N) is 1. The largest absolute Gasteiger partial charge is 0.344 e. The Morgan fingerprint density at radius 3 is 1.57 bits per heavy atom. The zero-order chi connectivity index (χ0) is 35.7. The third-order valence-electron chi connectivity index (χ3n) is 11.7. The molecule has 0 fully saturated rings. The quantitative estimate of drug-likeness (QED) is 0.164. The molecule has 9 aromatic carbocycles. The van der Waals surface area contributed by atoms with Crippen LogP contribution in [0, 0.1) is 0 Å². The Labute approximate surface area is 311 Å². The fourth-order valence-corrected chi connectivity index (χ4v) is 8.88. The van der Waals surface area contributed by atoms with Gasteiger partial charge in [0.2, 0.25) is 0 Å². The van der Waals surface area contributed by atoms with Gasteiger partial charge in [-0.2, -0.15) is 0 Å². The Hall–Kier alpha value is -6.44. The summed E-state index contributed by atoms with van der Waals surface area (Å²) in [7, 11) is 2.17. The first-order valence-electron chi connectivity index (χ1n) is 18.6. The van der Waals surface area contributed by atoms with Crippen molar-refractivity contribution in [1.29, 1.82) is 0 Å². The van der Waals surface area contributed by atoms with E-state index >= 15 is 0 Å². The molecule has 0 saturated carbocycles. The number of para-hydroxylation sites is 1. The second kappa shape index (κ2) is 12.1. The highest BCUT2D eigenvalue weighted by atomic mass is 15.1. The molecule has 0 unspecified atom stereocenters. The van der Waals surface area contributed by atoms with E-state index in [0.29, 0.717) is 0 Å². The van der Waals surface area contributed by atoms with E-state index in [9.17, 15) is 0 Å². The molecule has 0 N–H and O–H groups in total. The van der Waals surface area contributed by atoms with Gasteiger partial charge in [-0.3, -0.25) is 0 Å². The van der Waals surface area contributed by atoms with Gasteiger partial charge >= 0.3 is 0 Å². The molecular formula is C52H39N. The van der Waals surface area contributed by atoms with E-state index in [-0.39, 0.29) is 5.41 Å². The molecule has 0 aromatic heterocycles. The lowest BCUT2D eigenvalue weighted by atomic mass is 9.82. The molecule has 1 heteroatoms. The number of anilines is 2. The highest BCUT2D eigenvalue weighted by Gasteiger charge is 2.35. The second-order valence-corrected chi connectivity index (χ2v) is 15.0. The van der Waals surface area contributed by atoms with Crippen molar-refractivity contribution >= 4 is 43.7 Å². The van der Waals surface area contributed by atoms with Gasteiger partial charge in [0.1, 0.15) is 0 Å². The van der Waals surface area contributed by atoms with Crippen LogP contribution in [0.2, 0.25) is 0 Å². The lowest BCUT2D eigenvalue weighted by Crippen LogP contribution is -2.14. The van der Waals surface area contributed by atoms with Crippen molar-refractivity contribution in [3.05, 3.63) is 193 Å². The molecule has 0 amide bonds. The molecule has 0 spiro atoms. The van der Waals surface area contributed by atoms with Gasteiger partial charge in [0.15, 0.2) is 0 Å². The van der Waals surface area contributed by atoms with Crippen LogP contribution in [0.4, 0.5) is 11.4 Å². The average molecular weight is 678 g/mol. The Morgan fingerprint density at radius 1 is 0.340 bits per heavy atom. The minimum Gasteiger partial charge on any atom is -0.344 e. The molecule has 0 saturated heterocycles. The molecule has 0 radical (unpaired) electrons. The Bertz CT molecular complexity index is 2840. The van der Waals surface area contributed by atoms with Crippen LogP contribution in [-0.4, -0.2) is 7.05 Å². The average Bonchev–Trinajstić information content (AvgIpc) is 3.46. The Kier molecular flexibility index (Phi) is 7.13. The third kappa shape index (κ3) is 4.99. The summed E-state index contributed by atoms with van der Waals surface area (Å²) in [6.45, 7) is 4.69. The van der Waals surface area contributed by atoms with Crippen LogP contribution in [0.1, 0.15) is 25.0 Å². The third-order valence-corrected chi connectivity index (χ3v) is 11.7. The van der Waals surface area contributed by atoms with Gasteiger partial charge in [0.25, 0.3) is 0 Å². The van der Waals surface area contributed by atoms with E-state index in [1.54, 1.807) is 0 Å². The van der Waals surface area contributed by atoms with Crippen LogP contribution in [0.15, 0.2) is 182 Å². The lowest BCUT2D eigenvalue weighted by Gasteiger charge is -2.25. The number of rotatable bonds is 5. The summed E-state index contributed by atoms with van der Waals surface area (Å²) in [6.07, 6.45) is 0. The highest BCUT2D eigenvalue weighted by Crippen LogP contribution is 2.50. The highest BCUT2D eigenvalue weighted by molar-refractivity contribution is 6.25. The maximum atomic E-state index is 2.42. The van der Waals surface area contributed by atoms with Gasteiger partial charge < -0.3 is 4.90 Å². The molecule has 1 aliphatic rings. The SMILES string of the molecule is CN(c1ccccc1)c1ccc(-c2cccc(-c3ccc4c5ccccc5c5ccccc5c4c3)c2)cc1-c1ccc2c(c1)-c1ccccc1C2(C)C.